The van der Waals surface area contributed by atoms with Crippen LogP contribution >= 0.6 is 0 Å². The summed E-state index contributed by atoms with van der Waals surface area (Å²) < 4.78 is 0. The van der Waals surface area contributed by atoms with Gasteiger partial charge in [0.25, 0.3) is 0 Å². The van der Waals surface area contributed by atoms with E-state index in [0.717, 1.165) is 0 Å². The second-order valence-corrected chi connectivity index (χ2v) is 3.05. The van der Waals surface area contributed by atoms with E-state index >= 15 is 0 Å². The summed E-state index contributed by atoms with van der Waals surface area (Å²) in [5.74, 6) is 0. The minimum atomic E-state index is -1.58. The third-order valence-electron chi connectivity index (χ3n) is 1.51. The van der Waals surface area contributed by atoms with Gasteiger partial charge in [-0.15, -0.1) is 0 Å². The Morgan fingerprint density at radius 1 is 0.577 bits per heavy atom. The van der Waals surface area contributed by atoms with Gasteiger partial charge in [0.15, 0.2) is 12.6 Å². The van der Waals surface area contributed by atoms with Crippen LogP contribution in [0.4, 0.5) is 0 Å². The van der Waals surface area contributed by atoms with E-state index in [0.29, 0.717) is 0 Å². The smallest absolute Gasteiger partial charge is 0.178 e. The molecular formula is C10H28O12Sm4. The predicted molar refractivity (Wildman–Crippen MR) is 76.4 cm³/mol. The van der Waals surface area contributed by atoms with Gasteiger partial charge >= 0.3 is 0 Å². The van der Waals surface area contributed by atoms with Crippen molar-refractivity contribution in [3.63, 3.8) is 0 Å². The van der Waals surface area contributed by atoms with E-state index in [-0.39, 0.29) is 206 Å². The average Bonchev–Trinajstić information content (AvgIpc) is 2.17. The first-order chi connectivity index (χ1) is 7.34. The Balaban J connectivity index is -0.0000000166. The van der Waals surface area contributed by atoms with E-state index in [2.05, 4.69) is 0 Å². The molecule has 0 fully saturated rings. The molecule has 16 heteroatoms. The standard InChI is InChI=1S/C8H10O4.C2H6O2.6H2O.4Sm/c9-7(10)5-2-1-3-6(4-5)8(11)12;1-2(3)4;;;;;;;;;;/h1-4,7-12H;2-4H,1H3;6*1H2;;;;. The van der Waals surface area contributed by atoms with Gasteiger partial charge in [-0.05, 0) is 13.0 Å². The molecule has 26 heavy (non-hydrogen) atoms. The van der Waals surface area contributed by atoms with Crippen LogP contribution in [0.3, 0.4) is 0 Å². The quantitative estimate of drug-likeness (QED) is 0.157. The van der Waals surface area contributed by atoms with Crippen molar-refractivity contribution in [2.45, 2.75) is 25.8 Å². The van der Waals surface area contributed by atoms with Crippen molar-refractivity contribution in [2.24, 2.45) is 0 Å². The minimum absolute atomic E-state index is 0. The van der Waals surface area contributed by atoms with Gasteiger partial charge in [-0.1, -0.05) is 18.2 Å². The summed E-state index contributed by atoms with van der Waals surface area (Å²) in [7, 11) is 0. The van der Waals surface area contributed by atoms with Crippen LogP contribution in [0.15, 0.2) is 24.3 Å². The molecule has 164 valence electrons. The Hall–Kier alpha value is 4.09. The van der Waals surface area contributed by atoms with Crippen LogP contribution in [0, 0.1) is 162 Å². The van der Waals surface area contributed by atoms with E-state index in [1.165, 1.54) is 31.2 Å². The number of rotatable bonds is 2. The molecule has 0 aliphatic heterocycles. The Labute approximate surface area is 280 Å². The van der Waals surface area contributed by atoms with Crippen LogP contribution in [-0.2, 0) is 0 Å². The Kier molecular flexibility index (Phi) is 116. The summed E-state index contributed by atoms with van der Waals surface area (Å²) >= 11 is 0. The molecule has 0 spiro atoms. The number of benzene rings is 1. The van der Waals surface area contributed by atoms with Gasteiger partial charge in [0.1, 0.15) is 6.29 Å². The number of aliphatic hydroxyl groups is 6. The van der Waals surface area contributed by atoms with Gasteiger partial charge in [-0.2, -0.15) is 0 Å². The van der Waals surface area contributed by atoms with Gasteiger partial charge in [0.05, 0.1) is 0 Å². The van der Waals surface area contributed by atoms with Crippen LogP contribution in [0.1, 0.15) is 30.6 Å². The van der Waals surface area contributed by atoms with Crippen LogP contribution < -0.4 is 0 Å². The van der Waals surface area contributed by atoms with Crippen molar-refractivity contribution in [2.75, 3.05) is 0 Å². The van der Waals surface area contributed by atoms with Gasteiger partial charge in [-0.25, -0.2) is 0 Å². The summed E-state index contributed by atoms with van der Waals surface area (Å²) in [5, 5.41) is 50.1. The zero-order valence-electron chi connectivity index (χ0n) is 13.4. The summed E-state index contributed by atoms with van der Waals surface area (Å²) in [6.45, 7) is 1.28. The summed E-state index contributed by atoms with van der Waals surface area (Å²) in [6.07, 6.45) is -4.33. The molecule has 0 unspecified atom stereocenters. The van der Waals surface area contributed by atoms with Crippen molar-refractivity contribution in [1.29, 1.82) is 0 Å². The maximum Gasteiger partial charge on any atom is 0.178 e. The predicted octanol–water partition coefficient (Wildman–Crippen LogP) is -5.98. The minimum Gasteiger partial charge on any atom is -0.412 e. The molecule has 0 aromatic heterocycles. The molecular weight excluding hydrogens is 914 g/mol. The van der Waals surface area contributed by atoms with Crippen molar-refractivity contribution in [3.05, 3.63) is 35.4 Å². The van der Waals surface area contributed by atoms with Gasteiger partial charge < -0.3 is 63.5 Å². The van der Waals surface area contributed by atoms with Crippen LogP contribution in [0.5, 0.6) is 0 Å². The molecule has 0 bridgehead atoms. The third kappa shape index (κ3) is 42.2. The molecule has 0 radical (unpaired) electrons. The van der Waals surface area contributed by atoms with Gasteiger partial charge in [0.2, 0.25) is 0 Å². The molecule has 1 aromatic carbocycles. The van der Waals surface area contributed by atoms with Crippen molar-refractivity contribution in [1.82, 2.24) is 0 Å². The number of hydrogen-bond acceptors (Lipinski definition) is 6. The first-order valence-corrected chi connectivity index (χ1v) is 4.53. The molecule has 1 rings (SSSR count). The van der Waals surface area contributed by atoms with Crippen LogP contribution in [0.25, 0.3) is 0 Å². The van der Waals surface area contributed by atoms with E-state index in [1.54, 1.807) is 0 Å². The SMILES string of the molecule is CC(O)O.O.O.O.O.O.O.OC(O)c1cccc(C(O)O)c1.[Sm].[Sm].[Sm].[Sm]. The number of hydrogen-bond donors (Lipinski definition) is 6. The molecule has 0 atom stereocenters. The molecule has 0 amide bonds. The van der Waals surface area contributed by atoms with Crippen LogP contribution in [-0.4, -0.2) is 69.8 Å². The average molecular weight is 942 g/mol. The monoisotopic (exact) mass is 948 g/mol. The van der Waals surface area contributed by atoms with Crippen molar-refractivity contribution in [3.8, 4) is 0 Å². The molecule has 0 saturated heterocycles. The van der Waals surface area contributed by atoms with Gasteiger partial charge in [-0.3, -0.25) is 0 Å². The van der Waals surface area contributed by atoms with Crippen LogP contribution in [0.2, 0.25) is 0 Å². The zero-order valence-corrected chi connectivity index (χ0v) is 23.8. The first-order valence-electron chi connectivity index (χ1n) is 4.53. The number of aliphatic hydroxyl groups excluding tert-OH is 3. The van der Waals surface area contributed by atoms with Gasteiger partial charge in [0, 0.05) is 173 Å². The topological polar surface area (TPSA) is 310 Å². The second-order valence-electron chi connectivity index (χ2n) is 3.05. The zero-order chi connectivity index (χ0) is 12.7. The Morgan fingerprint density at radius 2 is 0.769 bits per heavy atom. The molecule has 12 nitrogen and oxygen atoms in total. The molecule has 0 aliphatic rings. The summed E-state index contributed by atoms with van der Waals surface area (Å²) in [5.41, 5.74) is 0.473. The molecule has 1 aromatic rings. The maximum atomic E-state index is 8.72. The van der Waals surface area contributed by atoms with E-state index in [4.69, 9.17) is 30.6 Å². The molecule has 18 N–H and O–H groups in total. The Morgan fingerprint density at radius 3 is 0.923 bits per heavy atom. The van der Waals surface area contributed by atoms with E-state index < -0.39 is 18.9 Å². The summed E-state index contributed by atoms with van der Waals surface area (Å²) in [6, 6.07) is 5.80. The second kappa shape index (κ2) is 43.1. The fraction of sp³-hybridized carbons (Fsp3) is 0.400. The van der Waals surface area contributed by atoms with E-state index in [9.17, 15) is 0 Å². The normalized spacial score (nSPS) is 6.54. The maximum absolute atomic E-state index is 8.72. The largest absolute Gasteiger partial charge is 0.412 e. The molecule has 0 saturated carbocycles. The fourth-order valence-corrected chi connectivity index (χ4v) is 0.880. The fourth-order valence-electron chi connectivity index (χ4n) is 0.880. The van der Waals surface area contributed by atoms with E-state index in [1.807, 2.05) is 0 Å². The molecule has 0 heterocycles. The summed E-state index contributed by atoms with van der Waals surface area (Å²) in [4.78, 5) is 0. The molecule has 0 aliphatic carbocycles. The van der Waals surface area contributed by atoms with Crippen molar-refractivity contribution < 1.29 is 225 Å². The third-order valence-corrected chi connectivity index (χ3v) is 1.51. The Bertz CT molecular complexity index is 294. The van der Waals surface area contributed by atoms with Crippen molar-refractivity contribution >= 4 is 0 Å². The first kappa shape index (κ1) is 69.9.